The minimum atomic E-state index is 1.03. The van der Waals surface area contributed by atoms with E-state index in [1.165, 1.54) is 57.9 Å². The van der Waals surface area contributed by atoms with Crippen LogP contribution in [0.2, 0.25) is 0 Å². The molecule has 0 aromatic rings. The van der Waals surface area contributed by atoms with Crippen LogP contribution in [-0.4, -0.2) is 30.6 Å². The predicted octanol–water partition coefficient (Wildman–Crippen LogP) is 4.13. The van der Waals surface area contributed by atoms with Gasteiger partial charge in [0, 0.05) is 0 Å². The molecule has 0 spiro atoms. The number of nitrogens with zero attached hydrogens (tertiary/aromatic N) is 1. The smallest absolute Gasteiger partial charge is 0.0751 e. The largest absolute Gasteiger partial charge is 0.516 e. The minimum Gasteiger partial charge on any atom is -0.516 e. The zero-order chi connectivity index (χ0) is 12.1. The normalized spacial score (nSPS) is 11.7. The number of hydrogen-bond acceptors (Lipinski definition) is 2. The van der Waals surface area contributed by atoms with Gasteiger partial charge in [0.25, 0.3) is 0 Å². The highest BCUT2D eigenvalue weighted by Gasteiger charge is 1.93. The predicted molar refractivity (Wildman–Crippen MR) is 71.9 cm³/mol. The van der Waals surface area contributed by atoms with E-state index in [1.807, 2.05) is 6.08 Å². The molecular formula is C14H29NO. The van der Waals surface area contributed by atoms with Crippen LogP contribution in [-0.2, 0) is 0 Å². The molecule has 0 aliphatic heterocycles. The molecule has 16 heavy (non-hydrogen) atoms. The first kappa shape index (κ1) is 15.5. The molecule has 0 aromatic heterocycles. The summed E-state index contributed by atoms with van der Waals surface area (Å²) in [5.41, 5.74) is 0. The van der Waals surface area contributed by atoms with Crippen LogP contribution in [0.25, 0.3) is 0 Å². The number of aliphatic hydroxyl groups is 1. The van der Waals surface area contributed by atoms with Crippen molar-refractivity contribution in [2.45, 2.75) is 57.8 Å². The summed E-state index contributed by atoms with van der Waals surface area (Å²) >= 11 is 0. The summed E-state index contributed by atoms with van der Waals surface area (Å²) in [5.74, 6) is 0. The molecule has 0 aliphatic rings. The van der Waals surface area contributed by atoms with E-state index in [4.69, 9.17) is 5.11 Å². The van der Waals surface area contributed by atoms with Crippen molar-refractivity contribution in [1.29, 1.82) is 0 Å². The molecule has 0 bridgehead atoms. The van der Waals surface area contributed by atoms with E-state index < -0.39 is 0 Å². The fourth-order valence-electron chi connectivity index (χ4n) is 1.83. The van der Waals surface area contributed by atoms with Crippen LogP contribution in [0.3, 0.4) is 0 Å². The van der Waals surface area contributed by atoms with Crippen LogP contribution in [0.5, 0.6) is 0 Å². The number of unbranched alkanes of at least 4 members (excludes halogenated alkanes) is 8. The standard InChI is InChI=1S/C14H29NO/c1-15(2)13-11-9-7-5-3-4-6-8-10-12-14-16/h12,14,16H,3-11,13H2,1-2H3. The monoisotopic (exact) mass is 227 g/mol. The molecule has 0 aromatic carbocycles. The first-order valence-corrected chi connectivity index (χ1v) is 6.71. The van der Waals surface area contributed by atoms with Gasteiger partial charge in [0.05, 0.1) is 6.26 Å². The van der Waals surface area contributed by atoms with Gasteiger partial charge in [-0.05, 0) is 39.9 Å². The summed E-state index contributed by atoms with van der Waals surface area (Å²) in [5, 5.41) is 8.44. The Bertz CT molecular complexity index is 155. The first-order chi connectivity index (χ1) is 7.77. The third-order valence-electron chi connectivity index (χ3n) is 2.83. The Hall–Kier alpha value is -0.500. The summed E-state index contributed by atoms with van der Waals surface area (Å²) in [6.45, 7) is 1.23. The summed E-state index contributed by atoms with van der Waals surface area (Å²) in [7, 11) is 4.28. The van der Waals surface area contributed by atoms with E-state index in [-0.39, 0.29) is 0 Å². The Kier molecular flexibility index (Phi) is 12.2. The highest BCUT2D eigenvalue weighted by molar-refractivity contribution is 4.70. The van der Waals surface area contributed by atoms with Gasteiger partial charge in [-0.1, -0.05) is 44.6 Å². The highest BCUT2D eigenvalue weighted by atomic mass is 16.2. The maximum Gasteiger partial charge on any atom is 0.0751 e. The van der Waals surface area contributed by atoms with Crippen molar-refractivity contribution in [2.75, 3.05) is 20.6 Å². The lowest BCUT2D eigenvalue weighted by Gasteiger charge is -2.08. The second-order valence-electron chi connectivity index (χ2n) is 4.81. The number of allylic oxidation sites excluding steroid dienone is 1. The first-order valence-electron chi connectivity index (χ1n) is 6.71. The fraction of sp³-hybridized carbons (Fsp3) is 0.857. The Balaban J connectivity index is 2.93. The molecule has 0 atom stereocenters. The molecule has 0 saturated carbocycles. The maximum atomic E-state index is 8.44. The quantitative estimate of drug-likeness (QED) is 0.424. The Morgan fingerprint density at radius 1 is 0.812 bits per heavy atom. The van der Waals surface area contributed by atoms with E-state index in [1.54, 1.807) is 0 Å². The lowest BCUT2D eigenvalue weighted by atomic mass is 10.1. The van der Waals surface area contributed by atoms with Crippen molar-refractivity contribution in [2.24, 2.45) is 0 Å². The van der Waals surface area contributed by atoms with Crippen molar-refractivity contribution in [3.05, 3.63) is 12.3 Å². The molecule has 0 heterocycles. The van der Waals surface area contributed by atoms with E-state index in [9.17, 15) is 0 Å². The molecule has 1 N–H and O–H groups in total. The topological polar surface area (TPSA) is 23.5 Å². The van der Waals surface area contributed by atoms with Gasteiger partial charge >= 0.3 is 0 Å². The molecule has 0 amide bonds. The van der Waals surface area contributed by atoms with Crippen molar-refractivity contribution < 1.29 is 5.11 Å². The second kappa shape index (κ2) is 12.6. The molecule has 0 radical (unpaired) electrons. The summed E-state index contributed by atoms with van der Waals surface area (Å²) in [6, 6.07) is 0. The average Bonchev–Trinajstić information content (AvgIpc) is 2.25. The third-order valence-corrected chi connectivity index (χ3v) is 2.83. The molecule has 2 heteroatoms. The van der Waals surface area contributed by atoms with Gasteiger partial charge in [-0.2, -0.15) is 0 Å². The van der Waals surface area contributed by atoms with Crippen LogP contribution in [0.1, 0.15) is 57.8 Å². The molecule has 0 aliphatic carbocycles. The Labute approximate surface area is 101 Å². The zero-order valence-corrected chi connectivity index (χ0v) is 11.1. The summed E-state index contributed by atoms with van der Waals surface area (Å²) in [4.78, 5) is 2.26. The fourth-order valence-corrected chi connectivity index (χ4v) is 1.83. The van der Waals surface area contributed by atoms with Gasteiger partial charge in [-0.15, -0.1) is 0 Å². The number of aliphatic hydroxyl groups excluding tert-OH is 1. The minimum absolute atomic E-state index is 1.03. The lowest BCUT2D eigenvalue weighted by molar-refractivity contribution is 0.389. The van der Waals surface area contributed by atoms with E-state index in [0.717, 1.165) is 12.7 Å². The molecule has 0 saturated heterocycles. The van der Waals surface area contributed by atoms with Gasteiger partial charge in [-0.3, -0.25) is 0 Å². The molecular weight excluding hydrogens is 198 g/mol. The molecule has 2 nitrogen and oxygen atoms in total. The van der Waals surface area contributed by atoms with Crippen molar-refractivity contribution in [1.82, 2.24) is 4.90 Å². The van der Waals surface area contributed by atoms with Gasteiger partial charge < -0.3 is 10.0 Å². The summed E-state index contributed by atoms with van der Waals surface area (Å²) < 4.78 is 0. The van der Waals surface area contributed by atoms with Crippen LogP contribution in [0, 0.1) is 0 Å². The number of hydrogen-bond donors (Lipinski definition) is 1. The Morgan fingerprint density at radius 2 is 1.31 bits per heavy atom. The van der Waals surface area contributed by atoms with E-state index in [0.29, 0.717) is 0 Å². The van der Waals surface area contributed by atoms with Gasteiger partial charge in [0.15, 0.2) is 0 Å². The second-order valence-corrected chi connectivity index (χ2v) is 4.81. The molecule has 96 valence electrons. The SMILES string of the molecule is CN(C)CCCCCCCCCCC=CO. The van der Waals surface area contributed by atoms with Gasteiger partial charge in [0.1, 0.15) is 0 Å². The van der Waals surface area contributed by atoms with Crippen LogP contribution >= 0.6 is 0 Å². The van der Waals surface area contributed by atoms with Crippen LogP contribution in [0.4, 0.5) is 0 Å². The third kappa shape index (κ3) is 13.5. The highest BCUT2D eigenvalue weighted by Crippen LogP contribution is 2.09. The average molecular weight is 227 g/mol. The van der Waals surface area contributed by atoms with Gasteiger partial charge in [0.2, 0.25) is 0 Å². The molecule has 0 unspecified atom stereocenters. The lowest BCUT2D eigenvalue weighted by Crippen LogP contribution is -2.12. The van der Waals surface area contributed by atoms with Crippen molar-refractivity contribution >= 4 is 0 Å². The van der Waals surface area contributed by atoms with E-state index >= 15 is 0 Å². The van der Waals surface area contributed by atoms with Crippen molar-refractivity contribution in [3.8, 4) is 0 Å². The molecule has 0 fully saturated rings. The zero-order valence-electron chi connectivity index (χ0n) is 11.1. The Morgan fingerprint density at radius 3 is 1.81 bits per heavy atom. The maximum absolute atomic E-state index is 8.44. The number of rotatable bonds is 11. The summed E-state index contributed by atoms with van der Waals surface area (Å²) in [6.07, 6.45) is 14.8. The van der Waals surface area contributed by atoms with Gasteiger partial charge in [-0.25, -0.2) is 0 Å². The van der Waals surface area contributed by atoms with Crippen LogP contribution in [0.15, 0.2) is 12.3 Å². The van der Waals surface area contributed by atoms with Crippen molar-refractivity contribution in [3.63, 3.8) is 0 Å². The molecule has 0 rings (SSSR count). The van der Waals surface area contributed by atoms with E-state index in [2.05, 4.69) is 19.0 Å². The van der Waals surface area contributed by atoms with Crippen LogP contribution < -0.4 is 0 Å².